The Kier molecular flexibility index (Phi) is 6.37. The van der Waals surface area contributed by atoms with Crippen molar-refractivity contribution in [3.63, 3.8) is 0 Å². The quantitative estimate of drug-likeness (QED) is 0.587. The Bertz CT molecular complexity index is 891. The van der Waals surface area contributed by atoms with E-state index in [2.05, 4.69) is 35.9 Å². The van der Waals surface area contributed by atoms with Crippen molar-refractivity contribution in [2.24, 2.45) is 0 Å². The summed E-state index contributed by atoms with van der Waals surface area (Å²) in [6.45, 7) is 6.52. The fraction of sp³-hybridized carbons (Fsp3) is 0.217. The second-order valence-corrected chi connectivity index (χ2v) is 6.42. The van der Waals surface area contributed by atoms with E-state index in [4.69, 9.17) is 0 Å². The molecule has 0 aliphatic rings. The largest absolute Gasteiger partial charge is 0.372 e. The lowest BCUT2D eigenvalue weighted by atomic mass is 10.1. The molecule has 0 N–H and O–H groups in total. The van der Waals surface area contributed by atoms with Gasteiger partial charge in [-0.1, -0.05) is 18.2 Å². The van der Waals surface area contributed by atoms with Crippen molar-refractivity contribution in [2.75, 3.05) is 22.9 Å². The first kappa shape index (κ1) is 19.5. The maximum Gasteiger partial charge on any atom is 0.259 e. The summed E-state index contributed by atoms with van der Waals surface area (Å²) in [4.78, 5) is 21.3. The Morgan fingerprint density at radius 1 is 0.929 bits per heavy atom. The topological polar surface area (TPSA) is 36.4 Å². The number of carbonyl (C=O) groups is 1. The van der Waals surface area contributed by atoms with E-state index in [-0.39, 0.29) is 11.7 Å². The molecule has 2 aromatic carbocycles. The first-order chi connectivity index (χ1) is 13.6. The summed E-state index contributed by atoms with van der Waals surface area (Å²) in [7, 11) is 0. The van der Waals surface area contributed by atoms with E-state index in [0.29, 0.717) is 17.9 Å². The third kappa shape index (κ3) is 4.55. The van der Waals surface area contributed by atoms with Crippen molar-refractivity contribution in [3.05, 3.63) is 89.9 Å². The number of halogens is 1. The zero-order chi connectivity index (χ0) is 19.9. The number of anilines is 2. The van der Waals surface area contributed by atoms with Gasteiger partial charge in [0.1, 0.15) is 11.6 Å². The van der Waals surface area contributed by atoms with Crippen molar-refractivity contribution in [2.45, 2.75) is 20.4 Å². The minimum Gasteiger partial charge on any atom is -0.372 e. The Balaban J connectivity index is 1.88. The third-order valence-electron chi connectivity index (χ3n) is 4.67. The summed E-state index contributed by atoms with van der Waals surface area (Å²) < 4.78 is 13.2. The SMILES string of the molecule is CCN(CC)c1ccc(CN(C(=O)c2ccc(F)cc2)c2ccccn2)cc1. The Morgan fingerprint density at radius 3 is 2.18 bits per heavy atom. The Morgan fingerprint density at radius 2 is 1.61 bits per heavy atom. The predicted octanol–water partition coefficient (Wildman–Crippen LogP) is 4.91. The van der Waals surface area contributed by atoms with E-state index >= 15 is 0 Å². The van der Waals surface area contributed by atoms with Gasteiger partial charge in [0.25, 0.3) is 5.91 Å². The van der Waals surface area contributed by atoms with E-state index < -0.39 is 0 Å². The highest BCUT2D eigenvalue weighted by molar-refractivity contribution is 6.05. The van der Waals surface area contributed by atoms with Gasteiger partial charge in [-0.25, -0.2) is 9.37 Å². The zero-order valence-electron chi connectivity index (χ0n) is 16.2. The lowest BCUT2D eigenvalue weighted by Crippen LogP contribution is -2.31. The van der Waals surface area contributed by atoms with Crippen molar-refractivity contribution >= 4 is 17.4 Å². The van der Waals surface area contributed by atoms with Crippen LogP contribution in [0.15, 0.2) is 72.9 Å². The van der Waals surface area contributed by atoms with E-state index in [1.54, 1.807) is 17.2 Å². The molecule has 0 bridgehead atoms. The van der Waals surface area contributed by atoms with Crippen LogP contribution in [-0.2, 0) is 6.54 Å². The number of hydrogen-bond acceptors (Lipinski definition) is 3. The van der Waals surface area contributed by atoms with Crippen molar-refractivity contribution in [1.82, 2.24) is 4.98 Å². The number of nitrogens with zero attached hydrogens (tertiary/aromatic N) is 3. The van der Waals surface area contributed by atoms with Gasteiger partial charge in [0.2, 0.25) is 0 Å². The number of benzene rings is 2. The van der Waals surface area contributed by atoms with Crippen LogP contribution in [0.4, 0.5) is 15.9 Å². The molecule has 144 valence electrons. The van der Waals surface area contributed by atoms with Crippen LogP contribution in [-0.4, -0.2) is 24.0 Å². The molecule has 4 nitrogen and oxygen atoms in total. The van der Waals surface area contributed by atoms with Gasteiger partial charge < -0.3 is 4.90 Å². The molecule has 0 spiro atoms. The normalized spacial score (nSPS) is 10.5. The monoisotopic (exact) mass is 377 g/mol. The molecule has 3 rings (SSSR count). The lowest BCUT2D eigenvalue weighted by molar-refractivity contribution is 0.0984. The molecule has 1 amide bonds. The molecule has 0 fully saturated rings. The van der Waals surface area contributed by atoms with Crippen LogP contribution in [0.2, 0.25) is 0 Å². The first-order valence-electron chi connectivity index (χ1n) is 9.44. The first-order valence-corrected chi connectivity index (χ1v) is 9.44. The molecular weight excluding hydrogens is 353 g/mol. The van der Waals surface area contributed by atoms with Crippen LogP contribution in [0.3, 0.4) is 0 Å². The average molecular weight is 377 g/mol. The lowest BCUT2D eigenvalue weighted by Gasteiger charge is -2.24. The average Bonchev–Trinajstić information content (AvgIpc) is 2.74. The minimum absolute atomic E-state index is 0.216. The zero-order valence-corrected chi connectivity index (χ0v) is 16.2. The molecule has 0 aliphatic carbocycles. The summed E-state index contributed by atoms with van der Waals surface area (Å²) in [5.41, 5.74) is 2.58. The predicted molar refractivity (Wildman–Crippen MR) is 111 cm³/mol. The molecule has 0 saturated heterocycles. The number of pyridine rings is 1. The molecular formula is C23H24FN3O. The van der Waals surface area contributed by atoms with Gasteiger partial charge in [0, 0.05) is 30.5 Å². The van der Waals surface area contributed by atoms with E-state index in [0.717, 1.165) is 24.3 Å². The minimum atomic E-state index is -0.368. The molecule has 3 aromatic rings. The number of aromatic nitrogens is 1. The summed E-state index contributed by atoms with van der Waals surface area (Å²) in [6.07, 6.45) is 1.66. The van der Waals surface area contributed by atoms with Gasteiger partial charge in [-0.05, 0) is 67.9 Å². The molecule has 1 aromatic heterocycles. The summed E-state index contributed by atoms with van der Waals surface area (Å²) in [5.74, 6) is -0.0240. The van der Waals surface area contributed by atoms with Gasteiger partial charge >= 0.3 is 0 Å². The molecule has 0 unspecified atom stereocenters. The number of carbonyl (C=O) groups excluding carboxylic acids is 1. The summed E-state index contributed by atoms with van der Waals surface area (Å²) >= 11 is 0. The standard InChI is InChI=1S/C23H24FN3O/c1-3-26(4-2)21-14-8-18(9-15-21)17-27(22-7-5-6-16-25-22)23(28)19-10-12-20(24)13-11-19/h5-16H,3-4,17H2,1-2H3. The highest BCUT2D eigenvalue weighted by Crippen LogP contribution is 2.20. The highest BCUT2D eigenvalue weighted by atomic mass is 19.1. The van der Waals surface area contributed by atoms with Crippen molar-refractivity contribution in [3.8, 4) is 0 Å². The van der Waals surface area contributed by atoms with Crippen LogP contribution >= 0.6 is 0 Å². The van der Waals surface area contributed by atoms with Crippen LogP contribution in [0.1, 0.15) is 29.8 Å². The smallest absolute Gasteiger partial charge is 0.259 e. The van der Waals surface area contributed by atoms with E-state index in [1.807, 2.05) is 24.3 Å². The van der Waals surface area contributed by atoms with Crippen LogP contribution in [0.25, 0.3) is 0 Å². The van der Waals surface area contributed by atoms with Gasteiger partial charge in [-0.15, -0.1) is 0 Å². The van der Waals surface area contributed by atoms with Crippen LogP contribution in [0, 0.1) is 5.82 Å². The summed E-state index contributed by atoms with van der Waals surface area (Å²) in [6, 6.07) is 19.2. The number of hydrogen-bond donors (Lipinski definition) is 0. The fourth-order valence-electron chi connectivity index (χ4n) is 3.10. The van der Waals surface area contributed by atoms with Gasteiger partial charge in [-0.2, -0.15) is 0 Å². The van der Waals surface area contributed by atoms with E-state index in [9.17, 15) is 9.18 Å². The Labute approximate surface area is 165 Å². The van der Waals surface area contributed by atoms with Crippen molar-refractivity contribution < 1.29 is 9.18 Å². The second kappa shape index (κ2) is 9.13. The molecule has 0 aliphatic heterocycles. The molecule has 0 atom stereocenters. The van der Waals surface area contributed by atoms with Crippen LogP contribution < -0.4 is 9.80 Å². The number of amides is 1. The van der Waals surface area contributed by atoms with Gasteiger partial charge in [-0.3, -0.25) is 9.69 Å². The maximum atomic E-state index is 13.2. The highest BCUT2D eigenvalue weighted by Gasteiger charge is 2.19. The molecule has 0 radical (unpaired) electrons. The fourth-order valence-corrected chi connectivity index (χ4v) is 3.10. The maximum absolute atomic E-state index is 13.2. The molecule has 28 heavy (non-hydrogen) atoms. The van der Waals surface area contributed by atoms with Gasteiger partial charge in [0.05, 0.1) is 6.54 Å². The molecule has 0 saturated carbocycles. The second-order valence-electron chi connectivity index (χ2n) is 6.42. The number of rotatable bonds is 7. The molecule has 5 heteroatoms. The third-order valence-corrected chi connectivity index (χ3v) is 4.67. The molecule has 1 heterocycles. The van der Waals surface area contributed by atoms with E-state index in [1.165, 1.54) is 24.3 Å². The van der Waals surface area contributed by atoms with Gasteiger partial charge in [0.15, 0.2) is 0 Å². The van der Waals surface area contributed by atoms with Crippen LogP contribution in [0.5, 0.6) is 0 Å². The van der Waals surface area contributed by atoms with Crippen molar-refractivity contribution in [1.29, 1.82) is 0 Å². The Hall–Kier alpha value is -3.21. The summed E-state index contributed by atoms with van der Waals surface area (Å²) in [5, 5.41) is 0.